The van der Waals surface area contributed by atoms with Crippen molar-refractivity contribution in [1.29, 1.82) is 0 Å². The molecule has 4 rings (SSSR count). The minimum atomic E-state index is -0.203. The fourth-order valence-corrected chi connectivity index (χ4v) is 3.74. The van der Waals surface area contributed by atoms with Gasteiger partial charge in [0.25, 0.3) is 5.91 Å². The van der Waals surface area contributed by atoms with E-state index in [1.165, 1.54) is 11.8 Å². The van der Waals surface area contributed by atoms with Crippen molar-refractivity contribution in [2.45, 2.75) is 0 Å². The maximum Gasteiger partial charge on any atom is 0.286 e. The van der Waals surface area contributed by atoms with Crippen molar-refractivity contribution in [2.75, 3.05) is 57.5 Å². The molecule has 0 aliphatic carbocycles. The lowest BCUT2D eigenvalue weighted by Gasteiger charge is -2.27. The second kappa shape index (κ2) is 7.00. The van der Waals surface area contributed by atoms with Gasteiger partial charge >= 0.3 is 0 Å². The van der Waals surface area contributed by atoms with Crippen molar-refractivity contribution in [2.24, 2.45) is 4.99 Å². The maximum absolute atomic E-state index is 12.1. The van der Waals surface area contributed by atoms with Gasteiger partial charge in [0.05, 0.1) is 31.3 Å². The molecular weight excluding hydrogens is 330 g/mol. The average molecular weight is 349 g/mol. The first-order valence-corrected chi connectivity index (χ1v) is 8.89. The Labute approximate surface area is 144 Å². The first-order chi connectivity index (χ1) is 11.8. The van der Waals surface area contributed by atoms with Crippen LogP contribution in [0.1, 0.15) is 5.76 Å². The SMILES string of the molecule is O=C1N=C(N2CCOCC2)S/C1=C\c1ccc(N2CCOCC2)o1. The lowest BCUT2D eigenvalue weighted by atomic mass is 10.4. The largest absolute Gasteiger partial charge is 0.441 e. The Hall–Kier alpha value is -1.77. The van der Waals surface area contributed by atoms with Crippen LogP contribution in [0, 0.1) is 0 Å². The average Bonchev–Trinajstić information content (AvgIpc) is 3.24. The van der Waals surface area contributed by atoms with Crippen LogP contribution in [0.3, 0.4) is 0 Å². The Bertz CT molecular complexity index is 673. The van der Waals surface area contributed by atoms with E-state index in [0.717, 1.165) is 37.2 Å². The predicted molar refractivity (Wildman–Crippen MR) is 92.1 cm³/mol. The molecule has 2 fully saturated rings. The quantitative estimate of drug-likeness (QED) is 0.748. The number of morpholine rings is 2. The van der Waals surface area contributed by atoms with Crippen LogP contribution in [0.2, 0.25) is 0 Å². The van der Waals surface area contributed by atoms with E-state index in [0.29, 0.717) is 37.1 Å². The molecule has 0 saturated carbocycles. The molecule has 1 amide bonds. The molecule has 3 aliphatic rings. The molecule has 24 heavy (non-hydrogen) atoms. The normalized spacial score (nSPS) is 23.9. The first-order valence-electron chi connectivity index (χ1n) is 8.07. The van der Waals surface area contributed by atoms with E-state index >= 15 is 0 Å². The zero-order valence-electron chi connectivity index (χ0n) is 13.3. The van der Waals surface area contributed by atoms with Crippen LogP contribution in [-0.2, 0) is 14.3 Å². The Morgan fingerprint density at radius 1 is 1.00 bits per heavy atom. The lowest BCUT2D eigenvalue weighted by Crippen LogP contribution is -2.38. The number of furan rings is 1. The van der Waals surface area contributed by atoms with Gasteiger partial charge in [-0.25, -0.2) is 0 Å². The molecule has 1 aromatic heterocycles. The summed E-state index contributed by atoms with van der Waals surface area (Å²) in [5.74, 6) is 1.28. The van der Waals surface area contributed by atoms with E-state index in [9.17, 15) is 4.79 Å². The molecule has 128 valence electrons. The second-order valence-electron chi connectivity index (χ2n) is 5.69. The van der Waals surface area contributed by atoms with Gasteiger partial charge in [-0.3, -0.25) is 4.79 Å². The van der Waals surface area contributed by atoms with Gasteiger partial charge in [-0.2, -0.15) is 4.99 Å². The number of hydrogen-bond donors (Lipinski definition) is 0. The van der Waals surface area contributed by atoms with Gasteiger partial charge in [-0.1, -0.05) is 0 Å². The Morgan fingerprint density at radius 3 is 2.38 bits per heavy atom. The van der Waals surface area contributed by atoms with Gasteiger partial charge in [0.15, 0.2) is 11.1 Å². The molecule has 0 spiro atoms. The number of carbonyl (C=O) groups excluding carboxylic acids is 1. The van der Waals surface area contributed by atoms with Crippen molar-refractivity contribution >= 4 is 34.8 Å². The highest BCUT2D eigenvalue weighted by molar-refractivity contribution is 8.18. The molecule has 0 bridgehead atoms. The van der Waals surface area contributed by atoms with E-state index in [-0.39, 0.29) is 5.91 Å². The highest BCUT2D eigenvalue weighted by Crippen LogP contribution is 2.31. The fraction of sp³-hybridized carbons (Fsp3) is 0.500. The Kier molecular flexibility index (Phi) is 4.59. The van der Waals surface area contributed by atoms with Gasteiger partial charge < -0.3 is 23.7 Å². The molecule has 7 nitrogen and oxygen atoms in total. The van der Waals surface area contributed by atoms with Crippen molar-refractivity contribution < 1.29 is 18.7 Å². The van der Waals surface area contributed by atoms with Crippen molar-refractivity contribution in [3.05, 3.63) is 22.8 Å². The number of carbonyl (C=O) groups is 1. The third-order valence-corrected chi connectivity index (χ3v) is 5.14. The highest BCUT2D eigenvalue weighted by atomic mass is 32.2. The van der Waals surface area contributed by atoms with Crippen LogP contribution in [0.25, 0.3) is 6.08 Å². The van der Waals surface area contributed by atoms with Gasteiger partial charge in [0.1, 0.15) is 5.76 Å². The summed E-state index contributed by atoms with van der Waals surface area (Å²) in [7, 11) is 0. The van der Waals surface area contributed by atoms with Crippen LogP contribution in [0.4, 0.5) is 5.88 Å². The summed E-state index contributed by atoms with van der Waals surface area (Å²) in [4.78, 5) is 21.1. The van der Waals surface area contributed by atoms with Gasteiger partial charge in [0, 0.05) is 38.3 Å². The summed E-state index contributed by atoms with van der Waals surface area (Å²) in [6, 6.07) is 3.82. The van der Waals surface area contributed by atoms with Crippen molar-refractivity contribution in [1.82, 2.24) is 4.90 Å². The minimum Gasteiger partial charge on any atom is -0.441 e. The van der Waals surface area contributed by atoms with Crippen LogP contribution in [0.5, 0.6) is 0 Å². The molecule has 0 aromatic carbocycles. The summed E-state index contributed by atoms with van der Waals surface area (Å²) in [5, 5.41) is 0.759. The smallest absolute Gasteiger partial charge is 0.286 e. The summed E-state index contributed by atoms with van der Waals surface area (Å²) < 4.78 is 16.5. The summed E-state index contributed by atoms with van der Waals surface area (Å²) in [6.45, 7) is 5.96. The number of amidine groups is 1. The molecule has 4 heterocycles. The first kappa shape index (κ1) is 15.7. The number of ether oxygens (including phenoxy) is 2. The molecule has 8 heteroatoms. The molecule has 0 unspecified atom stereocenters. The Morgan fingerprint density at radius 2 is 1.67 bits per heavy atom. The van der Waals surface area contributed by atoms with E-state index in [1.54, 1.807) is 6.08 Å². The number of aliphatic imine (C=N–C) groups is 1. The summed E-state index contributed by atoms with van der Waals surface area (Å²) in [5.41, 5.74) is 0. The molecule has 3 aliphatic heterocycles. The summed E-state index contributed by atoms with van der Waals surface area (Å²) in [6.07, 6.45) is 1.77. The third kappa shape index (κ3) is 3.35. The number of anilines is 1. The van der Waals surface area contributed by atoms with Gasteiger partial charge in [-0.15, -0.1) is 0 Å². The maximum atomic E-state index is 12.1. The van der Waals surface area contributed by atoms with Crippen molar-refractivity contribution in [3.63, 3.8) is 0 Å². The van der Waals surface area contributed by atoms with Crippen LogP contribution in [-0.4, -0.2) is 68.6 Å². The van der Waals surface area contributed by atoms with Crippen LogP contribution in [0.15, 0.2) is 26.4 Å². The monoisotopic (exact) mass is 349 g/mol. The summed E-state index contributed by atoms with van der Waals surface area (Å²) >= 11 is 1.40. The third-order valence-electron chi connectivity index (χ3n) is 4.10. The number of thioether (sulfide) groups is 1. The lowest BCUT2D eigenvalue weighted by molar-refractivity contribution is -0.113. The standard InChI is InChI=1S/C16H19N3O4S/c20-15-13(24-16(17-15)19-5-9-22-10-6-19)11-12-1-2-14(23-12)18-3-7-21-8-4-18/h1-2,11H,3-10H2/b13-11-. The number of amides is 1. The molecule has 0 atom stereocenters. The second-order valence-corrected chi connectivity index (χ2v) is 6.69. The van der Waals surface area contributed by atoms with Crippen molar-refractivity contribution in [3.8, 4) is 0 Å². The van der Waals surface area contributed by atoms with E-state index < -0.39 is 0 Å². The van der Waals surface area contributed by atoms with E-state index in [4.69, 9.17) is 13.9 Å². The zero-order chi connectivity index (χ0) is 16.4. The molecule has 1 aromatic rings. The van der Waals surface area contributed by atoms with Gasteiger partial charge in [0.2, 0.25) is 0 Å². The number of hydrogen-bond acceptors (Lipinski definition) is 7. The minimum absolute atomic E-state index is 0.203. The van der Waals surface area contributed by atoms with Crippen LogP contribution < -0.4 is 4.90 Å². The number of rotatable bonds is 2. The van der Waals surface area contributed by atoms with E-state index in [1.807, 2.05) is 12.1 Å². The molecular formula is C16H19N3O4S. The number of nitrogens with zero attached hydrogens (tertiary/aromatic N) is 3. The highest BCUT2D eigenvalue weighted by Gasteiger charge is 2.27. The predicted octanol–water partition coefficient (Wildman–Crippen LogP) is 1.42. The van der Waals surface area contributed by atoms with Crippen LogP contribution >= 0.6 is 11.8 Å². The Balaban J connectivity index is 1.44. The zero-order valence-corrected chi connectivity index (χ0v) is 14.1. The molecule has 2 saturated heterocycles. The molecule has 0 N–H and O–H groups in total. The van der Waals surface area contributed by atoms with E-state index in [2.05, 4.69) is 14.8 Å². The molecule has 0 radical (unpaired) electrons. The topological polar surface area (TPSA) is 67.5 Å². The van der Waals surface area contributed by atoms with Gasteiger partial charge in [-0.05, 0) is 17.8 Å². The fourth-order valence-electron chi connectivity index (χ4n) is 2.79.